The van der Waals surface area contributed by atoms with Crippen molar-refractivity contribution in [3.63, 3.8) is 0 Å². The third kappa shape index (κ3) is 5.17. The molecule has 98 valence electrons. The molecule has 0 atom stereocenters. The van der Waals surface area contributed by atoms with E-state index < -0.39 is 5.41 Å². The average Bonchev–Trinajstić information content (AvgIpc) is 2.19. The van der Waals surface area contributed by atoms with Crippen LogP contribution in [0.15, 0.2) is 0 Å². The lowest BCUT2D eigenvalue weighted by atomic mass is 9.97. The highest BCUT2D eigenvalue weighted by molar-refractivity contribution is 5.75. The first-order valence-electron chi connectivity index (χ1n) is 5.83. The summed E-state index contributed by atoms with van der Waals surface area (Å²) in [6.45, 7) is 15.6. The Bertz CT molecular complexity index is 199. The molecule has 0 saturated carbocycles. The standard InChI is InChI=1S/C12H26NO2.ClH/c1-7-13(8-2,9-3)10-15-11(14)12(4,5)6;/h7-10H2,1-6H3;1H/q+1;/p-1. The molecule has 0 rings (SSSR count). The molecule has 0 aromatic rings. The van der Waals surface area contributed by atoms with E-state index in [1.54, 1.807) is 0 Å². The third-order valence-electron chi connectivity index (χ3n) is 3.09. The summed E-state index contributed by atoms with van der Waals surface area (Å²) in [4.78, 5) is 11.6. The van der Waals surface area contributed by atoms with Crippen molar-refractivity contribution in [1.29, 1.82) is 0 Å². The van der Waals surface area contributed by atoms with Crippen LogP contribution in [0.5, 0.6) is 0 Å². The average molecular weight is 252 g/mol. The molecule has 0 unspecified atom stereocenters. The number of carbonyl (C=O) groups excluding carboxylic acids is 1. The Balaban J connectivity index is 0. The fraction of sp³-hybridized carbons (Fsp3) is 0.917. The first-order chi connectivity index (χ1) is 6.81. The van der Waals surface area contributed by atoms with E-state index >= 15 is 0 Å². The van der Waals surface area contributed by atoms with Crippen molar-refractivity contribution in [2.24, 2.45) is 5.41 Å². The highest BCUT2D eigenvalue weighted by atomic mass is 35.5. The molecule has 0 aliphatic carbocycles. The minimum Gasteiger partial charge on any atom is -1.00 e. The third-order valence-corrected chi connectivity index (χ3v) is 3.09. The summed E-state index contributed by atoms with van der Waals surface area (Å²) < 4.78 is 6.23. The predicted molar refractivity (Wildman–Crippen MR) is 62.3 cm³/mol. The van der Waals surface area contributed by atoms with Gasteiger partial charge in [-0.15, -0.1) is 0 Å². The smallest absolute Gasteiger partial charge is 0.315 e. The van der Waals surface area contributed by atoms with E-state index in [2.05, 4.69) is 20.8 Å². The zero-order valence-corrected chi connectivity index (χ0v) is 12.2. The van der Waals surface area contributed by atoms with E-state index in [9.17, 15) is 4.79 Å². The molecule has 0 heterocycles. The fourth-order valence-electron chi connectivity index (χ4n) is 1.36. The van der Waals surface area contributed by atoms with Crippen LogP contribution in [-0.4, -0.2) is 36.8 Å². The van der Waals surface area contributed by atoms with Gasteiger partial charge in [0, 0.05) is 0 Å². The van der Waals surface area contributed by atoms with Crippen molar-refractivity contribution in [2.75, 3.05) is 26.4 Å². The fourth-order valence-corrected chi connectivity index (χ4v) is 1.36. The van der Waals surface area contributed by atoms with Crippen LogP contribution in [0.2, 0.25) is 0 Å². The number of halogens is 1. The van der Waals surface area contributed by atoms with Gasteiger partial charge in [0.2, 0.25) is 6.73 Å². The van der Waals surface area contributed by atoms with Crippen molar-refractivity contribution >= 4 is 5.97 Å². The zero-order chi connectivity index (χ0) is 12.1. The van der Waals surface area contributed by atoms with Crippen LogP contribution < -0.4 is 12.4 Å². The quantitative estimate of drug-likeness (QED) is 0.371. The molecule has 16 heavy (non-hydrogen) atoms. The number of quaternary nitrogens is 1. The Morgan fingerprint density at radius 3 is 1.69 bits per heavy atom. The summed E-state index contributed by atoms with van der Waals surface area (Å²) in [7, 11) is 0. The number of esters is 1. The topological polar surface area (TPSA) is 26.3 Å². The van der Waals surface area contributed by atoms with Gasteiger partial charge >= 0.3 is 5.97 Å². The first kappa shape index (κ1) is 18.1. The van der Waals surface area contributed by atoms with Gasteiger partial charge in [-0.2, -0.15) is 0 Å². The molecule has 4 heteroatoms. The first-order valence-corrected chi connectivity index (χ1v) is 5.83. The van der Waals surface area contributed by atoms with Gasteiger partial charge in [0.15, 0.2) is 0 Å². The number of carbonyl (C=O) groups is 1. The minimum atomic E-state index is -0.398. The van der Waals surface area contributed by atoms with Gasteiger partial charge in [0.05, 0.1) is 25.0 Å². The Hall–Kier alpha value is -0.280. The molecule has 0 amide bonds. The molecule has 0 fully saturated rings. The van der Waals surface area contributed by atoms with Gasteiger partial charge in [0.1, 0.15) is 0 Å². The second-order valence-corrected chi connectivity index (χ2v) is 5.10. The van der Waals surface area contributed by atoms with Crippen LogP contribution in [0.4, 0.5) is 0 Å². The Morgan fingerprint density at radius 1 is 1.06 bits per heavy atom. The monoisotopic (exact) mass is 251 g/mol. The maximum atomic E-state index is 11.6. The molecule has 0 aromatic carbocycles. The van der Waals surface area contributed by atoms with Crippen molar-refractivity contribution in [3.8, 4) is 0 Å². The van der Waals surface area contributed by atoms with E-state index in [0.29, 0.717) is 6.73 Å². The lowest BCUT2D eigenvalue weighted by molar-refractivity contribution is -0.939. The van der Waals surface area contributed by atoms with Gasteiger partial charge in [-0.1, -0.05) is 0 Å². The van der Waals surface area contributed by atoms with Crippen LogP contribution in [0.1, 0.15) is 41.5 Å². The molecule has 0 aliphatic heterocycles. The number of rotatable bonds is 5. The molecule has 0 radical (unpaired) electrons. The Morgan fingerprint density at radius 2 is 1.44 bits per heavy atom. The molecule has 0 aromatic heterocycles. The van der Waals surface area contributed by atoms with Gasteiger partial charge in [-0.3, -0.25) is 9.28 Å². The van der Waals surface area contributed by atoms with E-state index in [-0.39, 0.29) is 18.4 Å². The van der Waals surface area contributed by atoms with E-state index in [1.165, 1.54) is 0 Å². The van der Waals surface area contributed by atoms with Crippen molar-refractivity contribution < 1.29 is 26.4 Å². The minimum absolute atomic E-state index is 0. The van der Waals surface area contributed by atoms with Gasteiger partial charge in [-0.05, 0) is 41.5 Å². The maximum absolute atomic E-state index is 11.6. The highest BCUT2D eigenvalue weighted by Crippen LogP contribution is 2.16. The molecule has 0 aliphatic rings. The molecule has 0 spiro atoms. The summed E-state index contributed by atoms with van der Waals surface area (Å²) in [6, 6.07) is 0. The van der Waals surface area contributed by atoms with E-state index in [4.69, 9.17) is 4.74 Å². The number of hydrogen-bond donors (Lipinski definition) is 0. The summed E-state index contributed by atoms with van der Waals surface area (Å²) >= 11 is 0. The normalized spacial score (nSPS) is 11.9. The van der Waals surface area contributed by atoms with Crippen LogP contribution in [-0.2, 0) is 9.53 Å². The maximum Gasteiger partial charge on any atom is 0.315 e. The van der Waals surface area contributed by atoms with E-state index in [1.807, 2.05) is 20.8 Å². The molecule has 0 bridgehead atoms. The second kappa shape index (κ2) is 7.13. The zero-order valence-electron chi connectivity index (χ0n) is 11.5. The van der Waals surface area contributed by atoms with Crippen molar-refractivity contribution in [3.05, 3.63) is 0 Å². The number of hydrogen-bond acceptors (Lipinski definition) is 2. The Labute approximate surface area is 106 Å². The number of nitrogens with zero attached hydrogens (tertiary/aromatic N) is 1. The second-order valence-electron chi connectivity index (χ2n) is 5.10. The SMILES string of the molecule is CC[N+](CC)(CC)COC(=O)C(C)(C)C.[Cl-]. The van der Waals surface area contributed by atoms with E-state index in [0.717, 1.165) is 24.1 Å². The largest absolute Gasteiger partial charge is 1.00 e. The molecular formula is C12H26ClNO2. The summed E-state index contributed by atoms with van der Waals surface area (Å²) in [6.07, 6.45) is 0. The van der Waals surface area contributed by atoms with Crippen LogP contribution >= 0.6 is 0 Å². The van der Waals surface area contributed by atoms with Crippen molar-refractivity contribution in [2.45, 2.75) is 41.5 Å². The molecule has 0 N–H and O–H groups in total. The van der Waals surface area contributed by atoms with Gasteiger partial charge in [-0.25, -0.2) is 0 Å². The molecule has 0 saturated heterocycles. The lowest BCUT2D eigenvalue weighted by Crippen LogP contribution is -3.00. The van der Waals surface area contributed by atoms with Gasteiger partial charge in [0.25, 0.3) is 0 Å². The number of ether oxygens (including phenoxy) is 1. The van der Waals surface area contributed by atoms with Crippen molar-refractivity contribution in [1.82, 2.24) is 0 Å². The predicted octanol–water partition coefficient (Wildman–Crippen LogP) is -0.586. The highest BCUT2D eigenvalue weighted by Gasteiger charge is 2.28. The van der Waals surface area contributed by atoms with Crippen LogP contribution in [0, 0.1) is 5.41 Å². The summed E-state index contributed by atoms with van der Waals surface area (Å²) in [5, 5.41) is 0. The lowest BCUT2D eigenvalue weighted by Gasteiger charge is -2.35. The van der Waals surface area contributed by atoms with Gasteiger partial charge < -0.3 is 17.1 Å². The Kier molecular flexibility index (Phi) is 8.06. The van der Waals surface area contributed by atoms with Crippen LogP contribution in [0.3, 0.4) is 0 Å². The molecule has 3 nitrogen and oxygen atoms in total. The van der Waals surface area contributed by atoms with Crippen LogP contribution in [0.25, 0.3) is 0 Å². The summed E-state index contributed by atoms with van der Waals surface area (Å²) in [5.41, 5.74) is -0.398. The molecular weight excluding hydrogens is 226 g/mol. The summed E-state index contributed by atoms with van der Waals surface area (Å²) in [5.74, 6) is -0.111.